The molecule has 0 radical (unpaired) electrons. The fraction of sp³-hybridized carbons (Fsp3) is 0.769. The van der Waals surface area contributed by atoms with Crippen LogP contribution in [-0.2, 0) is 4.79 Å². The van der Waals surface area contributed by atoms with Gasteiger partial charge in [-0.3, -0.25) is 4.79 Å². The van der Waals surface area contributed by atoms with E-state index in [0.29, 0.717) is 25.3 Å². The summed E-state index contributed by atoms with van der Waals surface area (Å²) in [5.41, 5.74) is 5.83. The van der Waals surface area contributed by atoms with Gasteiger partial charge in [0, 0.05) is 12.8 Å². The van der Waals surface area contributed by atoms with Gasteiger partial charge >= 0.3 is 0 Å². The van der Waals surface area contributed by atoms with Crippen molar-refractivity contribution >= 4 is 5.78 Å². The van der Waals surface area contributed by atoms with Crippen LogP contribution < -0.4 is 5.73 Å². The van der Waals surface area contributed by atoms with E-state index in [-0.39, 0.29) is 11.2 Å². The highest BCUT2D eigenvalue weighted by molar-refractivity contribution is 5.79. The van der Waals surface area contributed by atoms with Crippen molar-refractivity contribution in [1.29, 1.82) is 0 Å². The lowest BCUT2D eigenvalue weighted by Gasteiger charge is -2.30. The molecule has 0 saturated carbocycles. The van der Waals surface area contributed by atoms with Crippen LogP contribution in [0.3, 0.4) is 0 Å². The molecule has 88 valence electrons. The van der Waals surface area contributed by atoms with E-state index >= 15 is 0 Å². The zero-order valence-corrected chi connectivity index (χ0v) is 10.4. The van der Waals surface area contributed by atoms with Crippen LogP contribution in [0.5, 0.6) is 0 Å². The molecular formula is C13H25NO. The van der Waals surface area contributed by atoms with E-state index in [1.54, 1.807) is 6.08 Å². The van der Waals surface area contributed by atoms with E-state index in [9.17, 15) is 4.79 Å². The summed E-state index contributed by atoms with van der Waals surface area (Å²) < 4.78 is 0. The average molecular weight is 211 g/mol. The maximum absolute atomic E-state index is 11.4. The second kappa shape index (κ2) is 6.78. The predicted octanol–water partition coefficient (Wildman–Crippen LogP) is 2.92. The summed E-state index contributed by atoms with van der Waals surface area (Å²) in [5, 5.41) is 0. The SMILES string of the molecule is C=CCC(=O)CCC(CCN)C(C)(C)C. The minimum atomic E-state index is 0.244. The van der Waals surface area contributed by atoms with Crippen LogP contribution in [-0.4, -0.2) is 12.3 Å². The molecule has 2 heteroatoms. The fourth-order valence-electron chi connectivity index (χ4n) is 1.81. The number of Topliss-reactive ketones (excluding diaryl/α,β-unsaturated/α-hetero) is 1. The van der Waals surface area contributed by atoms with E-state index in [0.717, 1.165) is 12.8 Å². The summed E-state index contributed by atoms with van der Waals surface area (Å²) in [6, 6.07) is 0. The molecule has 0 aliphatic carbocycles. The molecule has 0 aliphatic rings. The second-order valence-corrected chi connectivity index (χ2v) is 5.21. The minimum Gasteiger partial charge on any atom is -0.330 e. The molecule has 0 heterocycles. The standard InChI is InChI=1S/C13H25NO/c1-5-6-12(15)8-7-11(9-10-14)13(2,3)4/h5,11H,1,6-10,14H2,2-4H3. The average Bonchev–Trinajstić information content (AvgIpc) is 2.10. The van der Waals surface area contributed by atoms with Crippen molar-refractivity contribution in [3.05, 3.63) is 12.7 Å². The highest BCUT2D eigenvalue weighted by Crippen LogP contribution is 2.32. The Balaban J connectivity index is 4.07. The molecule has 2 N–H and O–H groups in total. The zero-order valence-electron chi connectivity index (χ0n) is 10.4. The van der Waals surface area contributed by atoms with E-state index in [4.69, 9.17) is 5.73 Å². The normalized spacial score (nSPS) is 13.6. The van der Waals surface area contributed by atoms with Gasteiger partial charge in [0.15, 0.2) is 0 Å². The van der Waals surface area contributed by atoms with E-state index in [1.807, 2.05) is 0 Å². The molecule has 2 nitrogen and oxygen atoms in total. The Morgan fingerprint density at radius 3 is 2.40 bits per heavy atom. The number of allylic oxidation sites excluding steroid dienone is 1. The quantitative estimate of drug-likeness (QED) is 0.658. The van der Waals surface area contributed by atoms with Gasteiger partial charge < -0.3 is 5.73 Å². The number of rotatable bonds is 7. The first-order chi connectivity index (χ1) is 6.91. The fourth-order valence-corrected chi connectivity index (χ4v) is 1.81. The van der Waals surface area contributed by atoms with Gasteiger partial charge in [-0.1, -0.05) is 26.8 Å². The lowest BCUT2D eigenvalue weighted by Crippen LogP contribution is -2.24. The Kier molecular flexibility index (Phi) is 6.50. The summed E-state index contributed by atoms with van der Waals surface area (Å²) in [5.74, 6) is 0.826. The molecule has 0 rings (SSSR count). The number of hydrogen-bond donors (Lipinski definition) is 1. The van der Waals surface area contributed by atoms with Gasteiger partial charge in [-0.2, -0.15) is 0 Å². The van der Waals surface area contributed by atoms with Crippen LogP contribution >= 0.6 is 0 Å². The first-order valence-electron chi connectivity index (χ1n) is 5.74. The van der Waals surface area contributed by atoms with Crippen LogP contribution in [0.4, 0.5) is 0 Å². The third kappa shape index (κ3) is 6.45. The molecule has 0 aromatic heterocycles. The molecule has 0 bridgehead atoms. The van der Waals surface area contributed by atoms with Crippen molar-refractivity contribution in [1.82, 2.24) is 0 Å². The van der Waals surface area contributed by atoms with Crippen LogP contribution in [0.1, 0.15) is 46.5 Å². The summed E-state index contributed by atoms with van der Waals surface area (Å²) in [6.07, 6.45) is 4.79. The Hall–Kier alpha value is -0.630. The number of ketones is 1. The summed E-state index contributed by atoms with van der Waals surface area (Å²) in [4.78, 5) is 11.4. The van der Waals surface area contributed by atoms with Crippen molar-refractivity contribution < 1.29 is 4.79 Å². The third-order valence-electron chi connectivity index (χ3n) is 2.88. The molecule has 0 aromatic carbocycles. The van der Waals surface area contributed by atoms with Gasteiger partial charge in [0.1, 0.15) is 5.78 Å². The molecule has 0 amide bonds. The number of hydrogen-bond acceptors (Lipinski definition) is 2. The van der Waals surface area contributed by atoms with Crippen LogP contribution in [0, 0.1) is 11.3 Å². The maximum atomic E-state index is 11.4. The molecular weight excluding hydrogens is 186 g/mol. The summed E-state index contributed by atoms with van der Waals surface area (Å²) >= 11 is 0. The largest absolute Gasteiger partial charge is 0.330 e. The highest BCUT2D eigenvalue weighted by Gasteiger charge is 2.23. The summed E-state index contributed by atoms with van der Waals surface area (Å²) in [6.45, 7) is 10.9. The van der Waals surface area contributed by atoms with Crippen molar-refractivity contribution in [2.24, 2.45) is 17.1 Å². The lowest BCUT2D eigenvalue weighted by atomic mass is 9.76. The number of carbonyl (C=O) groups is 1. The Morgan fingerprint density at radius 2 is 2.00 bits per heavy atom. The van der Waals surface area contributed by atoms with Gasteiger partial charge in [-0.25, -0.2) is 0 Å². The Morgan fingerprint density at radius 1 is 1.40 bits per heavy atom. The number of carbonyl (C=O) groups excluding carboxylic acids is 1. The van der Waals surface area contributed by atoms with E-state index < -0.39 is 0 Å². The predicted molar refractivity (Wildman–Crippen MR) is 65.7 cm³/mol. The first kappa shape index (κ1) is 14.4. The van der Waals surface area contributed by atoms with Crippen LogP contribution in [0.25, 0.3) is 0 Å². The van der Waals surface area contributed by atoms with Gasteiger partial charge in [0.05, 0.1) is 0 Å². The summed E-state index contributed by atoms with van der Waals surface area (Å²) in [7, 11) is 0. The first-order valence-corrected chi connectivity index (χ1v) is 5.74. The van der Waals surface area contributed by atoms with Crippen LogP contribution in [0.2, 0.25) is 0 Å². The van der Waals surface area contributed by atoms with Crippen LogP contribution in [0.15, 0.2) is 12.7 Å². The molecule has 0 saturated heterocycles. The smallest absolute Gasteiger partial charge is 0.136 e. The maximum Gasteiger partial charge on any atom is 0.136 e. The van der Waals surface area contributed by atoms with Gasteiger partial charge in [-0.05, 0) is 30.7 Å². The molecule has 0 fully saturated rings. The van der Waals surface area contributed by atoms with E-state index in [2.05, 4.69) is 27.4 Å². The number of nitrogens with two attached hydrogens (primary N) is 1. The second-order valence-electron chi connectivity index (χ2n) is 5.21. The molecule has 0 aromatic rings. The Bertz CT molecular complexity index is 203. The molecule has 0 spiro atoms. The van der Waals surface area contributed by atoms with Gasteiger partial charge in [-0.15, -0.1) is 6.58 Å². The third-order valence-corrected chi connectivity index (χ3v) is 2.88. The topological polar surface area (TPSA) is 43.1 Å². The lowest BCUT2D eigenvalue weighted by molar-refractivity contribution is -0.118. The van der Waals surface area contributed by atoms with Gasteiger partial charge in [0.25, 0.3) is 0 Å². The molecule has 0 aliphatic heterocycles. The zero-order chi connectivity index (χ0) is 11.9. The van der Waals surface area contributed by atoms with E-state index in [1.165, 1.54) is 0 Å². The molecule has 1 atom stereocenters. The molecule has 15 heavy (non-hydrogen) atoms. The monoisotopic (exact) mass is 211 g/mol. The molecule has 1 unspecified atom stereocenters. The highest BCUT2D eigenvalue weighted by atomic mass is 16.1. The Labute approximate surface area is 93.9 Å². The van der Waals surface area contributed by atoms with Crippen molar-refractivity contribution in [3.8, 4) is 0 Å². The van der Waals surface area contributed by atoms with Crippen molar-refractivity contribution in [3.63, 3.8) is 0 Å². The minimum absolute atomic E-state index is 0.244. The van der Waals surface area contributed by atoms with Gasteiger partial charge in [0.2, 0.25) is 0 Å². The van der Waals surface area contributed by atoms with Crippen molar-refractivity contribution in [2.75, 3.05) is 6.54 Å². The van der Waals surface area contributed by atoms with Crippen molar-refractivity contribution in [2.45, 2.75) is 46.5 Å².